The Morgan fingerprint density at radius 2 is 1.72 bits per heavy atom. The number of fused-ring (bicyclic) bond motifs is 2. The number of aromatic nitrogens is 3. The van der Waals surface area contributed by atoms with Crippen LogP contribution in [0.1, 0.15) is 57.4 Å². The van der Waals surface area contributed by atoms with Crippen molar-refractivity contribution in [1.29, 1.82) is 0 Å². The molecule has 1 aliphatic rings. The lowest BCUT2D eigenvalue weighted by Crippen LogP contribution is -2.44. The van der Waals surface area contributed by atoms with Crippen LogP contribution >= 0.6 is 11.3 Å². The number of aryl methyl sites for hydroxylation is 2. The Morgan fingerprint density at radius 3 is 2.33 bits per heavy atom. The fraction of sp³-hybridized carbons (Fsp3) is 0.296. The van der Waals surface area contributed by atoms with E-state index in [0.717, 1.165) is 32.1 Å². The van der Waals surface area contributed by atoms with Crippen LogP contribution in [-0.2, 0) is 11.3 Å². The number of thiazole rings is 1. The van der Waals surface area contributed by atoms with E-state index in [2.05, 4.69) is 25.0 Å². The van der Waals surface area contributed by atoms with Crippen LogP contribution in [0.2, 0.25) is 0 Å². The summed E-state index contributed by atoms with van der Waals surface area (Å²) in [7, 11) is 0. The first-order chi connectivity index (χ1) is 17.2. The predicted molar refractivity (Wildman–Crippen MR) is 140 cm³/mol. The Labute approximate surface area is 213 Å². The van der Waals surface area contributed by atoms with Crippen molar-refractivity contribution in [3.05, 3.63) is 76.6 Å². The van der Waals surface area contributed by atoms with Gasteiger partial charge in [0.25, 0.3) is 11.8 Å². The van der Waals surface area contributed by atoms with Crippen LogP contribution < -0.4 is 4.90 Å². The zero-order chi connectivity index (χ0) is 25.6. The van der Waals surface area contributed by atoms with Gasteiger partial charge in [0.2, 0.25) is 5.91 Å². The van der Waals surface area contributed by atoms with Crippen LogP contribution in [0.25, 0.3) is 10.2 Å². The number of carbonyl (C=O) groups is 3. The maximum atomic E-state index is 13.7. The van der Waals surface area contributed by atoms with E-state index in [9.17, 15) is 14.4 Å². The van der Waals surface area contributed by atoms with E-state index in [-0.39, 0.29) is 18.4 Å². The number of hydrogen-bond donors (Lipinski definition) is 0. The number of anilines is 1. The molecule has 0 radical (unpaired) electrons. The normalized spacial score (nSPS) is 13.2. The molecule has 0 atom stereocenters. The predicted octanol–water partition coefficient (Wildman–Crippen LogP) is 4.56. The van der Waals surface area contributed by atoms with Crippen LogP contribution in [0.5, 0.6) is 0 Å². The first-order valence-corrected chi connectivity index (χ1v) is 12.7. The summed E-state index contributed by atoms with van der Waals surface area (Å²) in [6.45, 7) is 8.54. The largest absolute Gasteiger partial charge is 0.285 e. The Hall–Kier alpha value is -3.85. The summed E-state index contributed by atoms with van der Waals surface area (Å²) in [6, 6.07) is 14.7. The highest BCUT2D eigenvalue weighted by molar-refractivity contribution is 7.22. The van der Waals surface area contributed by atoms with Gasteiger partial charge in [0.05, 0.1) is 33.6 Å². The molecule has 3 amide bonds. The lowest BCUT2D eigenvalue weighted by Gasteiger charge is -2.23. The summed E-state index contributed by atoms with van der Waals surface area (Å²) in [5.74, 6) is -0.986. The van der Waals surface area contributed by atoms with E-state index >= 15 is 0 Å². The van der Waals surface area contributed by atoms with Crippen LogP contribution in [0.15, 0.2) is 48.5 Å². The molecule has 36 heavy (non-hydrogen) atoms. The van der Waals surface area contributed by atoms with Crippen LogP contribution in [0.4, 0.5) is 5.13 Å². The van der Waals surface area contributed by atoms with E-state index in [1.54, 1.807) is 29.2 Å². The molecule has 0 N–H and O–H groups in total. The van der Waals surface area contributed by atoms with Gasteiger partial charge in [-0.3, -0.25) is 28.9 Å². The molecule has 0 fully saturated rings. The SMILES string of the molecule is Cc1cc(C)n(CCN(C(=O)CN2C(=O)c3ccccc3C2=O)c2nc3c(C(C)C)cccc3s2)n1. The third kappa shape index (κ3) is 4.19. The third-order valence-corrected chi connectivity index (χ3v) is 7.45. The topological polar surface area (TPSA) is 88.4 Å². The molecule has 0 unspecified atom stereocenters. The second-order valence-corrected chi connectivity index (χ2v) is 10.3. The van der Waals surface area contributed by atoms with Gasteiger partial charge in [-0.25, -0.2) is 4.98 Å². The standard InChI is InChI=1S/C27H27N5O3S/c1-16(2)19-10-7-11-22-24(19)28-27(36-22)30(12-13-32-18(4)14-17(3)29-32)23(33)15-31-25(34)20-8-5-6-9-21(20)26(31)35/h5-11,14,16H,12-13,15H2,1-4H3. The summed E-state index contributed by atoms with van der Waals surface area (Å²) in [5, 5.41) is 5.06. The zero-order valence-corrected chi connectivity index (χ0v) is 21.5. The quantitative estimate of drug-likeness (QED) is 0.346. The van der Waals surface area contributed by atoms with E-state index in [1.807, 2.05) is 36.7 Å². The van der Waals surface area contributed by atoms with Gasteiger partial charge >= 0.3 is 0 Å². The fourth-order valence-electron chi connectivity index (χ4n) is 4.57. The van der Waals surface area contributed by atoms with Gasteiger partial charge in [-0.15, -0.1) is 0 Å². The number of hydrogen-bond acceptors (Lipinski definition) is 6. The summed E-state index contributed by atoms with van der Waals surface area (Å²) >= 11 is 1.43. The summed E-state index contributed by atoms with van der Waals surface area (Å²) in [4.78, 5) is 46.9. The molecule has 2 aromatic heterocycles. The number of imide groups is 1. The molecule has 5 rings (SSSR count). The van der Waals surface area contributed by atoms with E-state index in [0.29, 0.717) is 29.3 Å². The summed E-state index contributed by atoms with van der Waals surface area (Å²) in [5.41, 5.74) is 4.53. The van der Waals surface area contributed by atoms with Crippen molar-refractivity contribution in [2.45, 2.75) is 40.2 Å². The molecule has 0 saturated heterocycles. The van der Waals surface area contributed by atoms with Crippen LogP contribution in [0.3, 0.4) is 0 Å². The van der Waals surface area contributed by atoms with Gasteiger partial charge in [-0.2, -0.15) is 5.10 Å². The average molecular weight is 502 g/mol. The van der Waals surface area contributed by atoms with Crippen molar-refractivity contribution in [3.63, 3.8) is 0 Å². The first-order valence-electron chi connectivity index (χ1n) is 11.9. The molecule has 0 aliphatic carbocycles. The van der Waals surface area contributed by atoms with Crippen molar-refractivity contribution in [3.8, 4) is 0 Å². The summed E-state index contributed by atoms with van der Waals surface area (Å²) in [6.07, 6.45) is 0. The maximum absolute atomic E-state index is 13.7. The monoisotopic (exact) mass is 501 g/mol. The van der Waals surface area contributed by atoms with Crippen LogP contribution in [0, 0.1) is 13.8 Å². The maximum Gasteiger partial charge on any atom is 0.262 e. The van der Waals surface area contributed by atoms with E-state index < -0.39 is 11.8 Å². The van der Waals surface area contributed by atoms with E-state index in [1.165, 1.54) is 11.3 Å². The van der Waals surface area contributed by atoms with Crippen molar-refractivity contribution in [2.75, 3.05) is 18.0 Å². The molecule has 184 valence electrons. The second-order valence-electron chi connectivity index (χ2n) is 9.28. The second kappa shape index (κ2) is 9.31. The number of para-hydroxylation sites is 1. The van der Waals surface area contributed by atoms with Crippen molar-refractivity contribution in [2.24, 2.45) is 0 Å². The van der Waals surface area contributed by atoms with Gasteiger partial charge in [0, 0.05) is 12.2 Å². The molecule has 9 heteroatoms. The molecule has 0 spiro atoms. The fourth-order valence-corrected chi connectivity index (χ4v) is 5.61. The Kier molecular flexibility index (Phi) is 6.17. The average Bonchev–Trinajstić information content (AvgIpc) is 3.49. The van der Waals surface area contributed by atoms with Crippen LogP contribution in [-0.4, -0.2) is 50.5 Å². The molecule has 1 aliphatic heterocycles. The molecule has 8 nitrogen and oxygen atoms in total. The molecule has 0 bridgehead atoms. The zero-order valence-electron chi connectivity index (χ0n) is 20.7. The smallest absolute Gasteiger partial charge is 0.262 e. The number of nitrogens with zero attached hydrogens (tertiary/aromatic N) is 5. The highest BCUT2D eigenvalue weighted by Crippen LogP contribution is 2.34. The molecule has 2 aromatic carbocycles. The molecule has 0 saturated carbocycles. The molecular formula is C27H27N5O3S. The minimum absolute atomic E-state index is 0.279. The Bertz CT molecular complexity index is 1470. The van der Waals surface area contributed by atoms with Crippen molar-refractivity contribution in [1.82, 2.24) is 19.7 Å². The first kappa shape index (κ1) is 23.9. The van der Waals surface area contributed by atoms with Gasteiger partial charge in [0.15, 0.2) is 5.13 Å². The lowest BCUT2D eigenvalue weighted by atomic mass is 10.0. The Morgan fingerprint density at radius 1 is 1.03 bits per heavy atom. The number of benzene rings is 2. The molecule has 3 heterocycles. The van der Waals surface area contributed by atoms with E-state index in [4.69, 9.17) is 4.98 Å². The van der Waals surface area contributed by atoms with Gasteiger partial charge in [-0.05, 0) is 49.6 Å². The van der Waals surface area contributed by atoms with Crippen molar-refractivity contribution >= 4 is 44.4 Å². The number of carbonyl (C=O) groups excluding carboxylic acids is 3. The summed E-state index contributed by atoms with van der Waals surface area (Å²) < 4.78 is 2.84. The Balaban J connectivity index is 1.47. The van der Waals surface area contributed by atoms with Gasteiger partial charge < -0.3 is 0 Å². The van der Waals surface area contributed by atoms with Crippen molar-refractivity contribution < 1.29 is 14.4 Å². The lowest BCUT2D eigenvalue weighted by molar-refractivity contribution is -0.119. The third-order valence-electron chi connectivity index (χ3n) is 6.40. The number of rotatable bonds is 7. The minimum Gasteiger partial charge on any atom is -0.285 e. The highest BCUT2D eigenvalue weighted by atomic mass is 32.1. The van der Waals surface area contributed by atoms with Gasteiger partial charge in [-0.1, -0.05) is 49.4 Å². The molecular weight excluding hydrogens is 474 g/mol. The highest BCUT2D eigenvalue weighted by Gasteiger charge is 2.37. The van der Waals surface area contributed by atoms with Gasteiger partial charge in [0.1, 0.15) is 6.54 Å². The minimum atomic E-state index is -0.450. The number of amides is 3. The molecule has 4 aromatic rings.